The highest BCUT2D eigenvalue weighted by Gasteiger charge is 2.21. The summed E-state index contributed by atoms with van der Waals surface area (Å²) >= 11 is 1.34. The lowest BCUT2D eigenvalue weighted by Gasteiger charge is -2.23. The average molecular weight is 335 g/mol. The molecule has 0 bridgehead atoms. The number of likely N-dealkylation sites (N-methyl/N-ethyl adjacent to an activating group) is 1. The van der Waals surface area contributed by atoms with Crippen LogP contribution in [0.15, 0.2) is 40.3 Å². The fourth-order valence-corrected chi connectivity index (χ4v) is 2.74. The van der Waals surface area contributed by atoms with Crippen LogP contribution in [0.2, 0.25) is 0 Å². The van der Waals surface area contributed by atoms with E-state index in [2.05, 4.69) is 10.6 Å². The van der Waals surface area contributed by atoms with Crippen LogP contribution in [0.1, 0.15) is 28.4 Å². The first kappa shape index (κ1) is 17.2. The van der Waals surface area contributed by atoms with Crippen molar-refractivity contribution in [2.45, 2.75) is 19.0 Å². The minimum Gasteiger partial charge on any atom is -0.468 e. The Kier molecular flexibility index (Phi) is 5.95. The molecule has 6 nitrogen and oxygen atoms in total. The molecular weight excluding hydrogens is 314 g/mol. The minimum absolute atomic E-state index is 0.0610. The van der Waals surface area contributed by atoms with Gasteiger partial charge in [-0.15, -0.1) is 11.3 Å². The van der Waals surface area contributed by atoms with Crippen molar-refractivity contribution in [2.24, 2.45) is 0 Å². The summed E-state index contributed by atoms with van der Waals surface area (Å²) in [5.74, 6) is 0.316. The molecule has 2 aromatic heterocycles. The second-order valence-corrected chi connectivity index (χ2v) is 6.36. The van der Waals surface area contributed by atoms with E-state index in [0.29, 0.717) is 11.4 Å². The van der Waals surface area contributed by atoms with Crippen LogP contribution in [0.3, 0.4) is 0 Å². The largest absolute Gasteiger partial charge is 0.468 e. The van der Waals surface area contributed by atoms with Crippen molar-refractivity contribution in [3.63, 3.8) is 0 Å². The van der Waals surface area contributed by atoms with E-state index >= 15 is 0 Å². The van der Waals surface area contributed by atoms with E-state index in [-0.39, 0.29) is 17.9 Å². The number of nitrogens with zero attached hydrogens (tertiary/aromatic N) is 1. The molecule has 0 aliphatic rings. The molecule has 2 aromatic rings. The maximum atomic E-state index is 12.2. The van der Waals surface area contributed by atoms with E-state index in [1.54, 1.807) is 25.3 Å². The van der Waals surface area contributed by atoms with Crippen molar-refractivity contribution in [3.8, 4) is 0 Å². The molecule has 124 valence electrons. The zero-order valence-electron chi connectivity index (χ0n) is 13.4. The lowest BCUT2D eigenvalue weighted by molar-refractivity contribution is -0.122. The maximum Gasteiger partial charge on any atom is 0.261 e. The van der Waals surface area contributed by atoms with Gasteiger partial charge in [0, 0.05) is 6.54 Å². The number of carbonyl (C=O) groups excluding carboxylic acids is 2. The first-order chi connectivity index (χ1) is 11.0. The van der Waals surface area contributed by atoms with E-state index in [1.807, 2.05) is 36.5 Å². The molecule has 0 fully saturated rings. The van der Waals surface area contributed by atoms with E-state index < -0.39 is 6.04 Å². The Hall–Kier alpha value is -2.12. The summed E-state index contributed by atoms with van der Waals surface area (Å²) in [7, 11) is 3.84. The zero-order chi connectivity index (χ0) is 16.8. The molecule has 7 heteroatoms. The fraction of sp³-hybridized carbons (Fsp3) is 0.375. The molecule has 0 aliphatic carbocycles. The van der Waals surface area contributed by atoms with Crippen molar-refractivity contribution >= 4 is 23.2 Å². The fourth-order valence-electron chi connectivity index (χ4n) is 2.11. The summed E-state index contributed by atoms with van der Waals surface area (Å²) in [6.45, 7) is 2.07. The van der Waals surface area contributed by atoms with Gasteiger partial charge in [0.05, 0.1) is 17.2 Å². The number of rotatable bonds is 7. The number of hydrogen-bond acceptors (Lipinski definition) is 5. The van der Waals surface area contributed by atoms with Gasteiger partial charge in [0.1, 0.15) is 11.8 Å². The monoisotopic (exact) mass is 335 g/mol. The number of furan rings is 1. The highest BCUT2D eigenvalue weighted by molar-refractivity contribution is 7.12. The molecule has 0 aromatic carbocycles. The van der Waals surface area contributed by atoms with Gasteiger partial charge in [0.25, 0.3) is 5.91 Å². The van der Waals surface area contributed by atoms with Gasteiger partial charge < -0.3 is 15.1 Å². The van der Waals surface area contributed by atoms with E-state index in [0.717, 1.165) is 5.76 Å². The molecule has 2 atom stereocenters. The van der Waals surface area contributed by atoms with Crippen molar-refractivity contribution in [1.82, 2.24) is 15.5 Å². The van der Waals surface area contributed by atoms with Gasteiger partial charge >= 0.3 is 0 Å². The lowest BCUT2D eigenvalue weighted by Crippen LogP contribution is -2.46. The van der Waals surface area contributed by atoms with Crippen LogP contribution in [0.5, 0.6) is 0 Å². The standard InChI is InChI=1S/C16H21N3O3S/c1-11(18-16(21)14-7-5-9-23-14)15(20)17-10-12(19(2)3)13-6-4-8-22-13/h4-9,11-12H,10H2,1-3H3,(H,17,20)(H,18,21). The molecule has 2 amide bonds. The van der Waals surface area contributed by atoms with Crippen LogP contribution < -0.4 is 10.6 Å². The Bertz CT molecular complexity index is 623. The maximum absolute atomic E-state index is 12.2. The molecule has 2 rings (SSSR count). The average Bonchev–Trinajstić information content (AvgIpc) is 3.20. The van der Waals surface area contributed by atoms with Crippen molar-refractivity contribution < 1.29 is 14.0 Å². The van der Waals surface area contributed by atoms with Crippen LogP contribution >= 0.6 is 11.3 Å². The van der Waals surface area contributed by atoms with Crippen LogP contribution in [0.4, 0.5) is 0 Å². The predicted molar refractivity (Wildman–Crippen MR) is 89.4 cm³/mol. The smallest absolute Gasteiger partial charge is 0.261 e. The van der Waals surface area contributed by atoms with Gasteiger partial charge in [0.15, 0.2) is 0 Å². The first-order valence-electron chi connectivity index (χ1n) is 7.31. The predicted octanol–water partition coefficient (Wildman–Crippen LogP) is 1.88. The Balaban J connectivity index is 1.86. The molecule has 2 N–H and O–H groups in total. The third kappa shape index (κ3) is 4.67. The van der Waals surface area contributed by atoms with Gasteiger partial charge in [-0.05, 0) is 44.6 Å². The summed E-state index contributed by atoms with van der Waals surface area (Å²) < 4.78 is 5.40. The molecule has 0 radical (unpaired) electrons. The van der Waals surface area contributed by atoms with E-state index in [1.165, 1.54) is 11.3 Å². The van der Waals surface area contributed by atoms with Gasteiger partial charge in [-0.1, -0.05) is 6.07 Å². The lowest BCUT2D eigenvalue weighted by atomic mass is 10.2. The van der Waals surface area contributed by atoms with Gasteiger partial charge in [-0.2, -0.15) is 0 Å². The Morgan fingerprint density at radius 3 is 2.65 bits per heavy atom. The topological polar surface area (TPSA) is 74.6 Å². The van der Waals surface area contributed by atoms with Gasteiger partial charge in [0.2, 0.25) is 5.91 Å². The molecule has 0 saturated heterocycles. The third-order valence-electron chi connectivity index (χ3n) is 3.45. The highest BCUT2D eigenvalue weighted by atomic mass is 32.1. The molecule has 0 aliphatic heterocycles. The summed E-state index contributed by atoms with van der Waals surface area (Å²) in [4.78, 5) is 26.7. The first-order valence-corrected chi connectivity index (χ1v) is 8.19. The van der Waals surface area contributed by atoms with Gasteiger partial charge in [-0.25, -0.2) is 0 Å². The normalized spacial score (nSPS) is 13.6. The summed E-state index contributed by atoms with van der Waals surface area (Å²) in [6, 6.07) is 6.55. The summed E-state index contributed by atoms with van der Waals surface area (Å²) in [5, 5.41) is 7.37. The number of thiophene rings is 1. The summed E-state index contributed by atoms with van der Waals surface area (Å²) in [5.41, 5.74) is 0. The van der Waals surface area contributed by atoms with E-state index in [9.17, 15) is 9.59 Å². The van der Waals surface area contributed by atoms with Crippen molar-refractivity contribution in [2.75, 3.05) is 20.6 Å². The van der Waals surface area contributed by atoms with Crippen LogP contribution in [0.25, 0.3) is 0 Å². The molecular formula is C16H21N3O3S. The molecule has 0 spiro atoms. The number of hydrogen-bond donors (Lipinski definition) is 2. The van der Waals surface area contributed by atoms with Crippen molar-refractivity contribution in [1.29, 1.82) is 0 Å². The van der Waals surface area contributed by atoms with Crippen molar-refractivity contribution in [3.05, 3.63) is 46.5 Å². The Morgan fingerprint density at radius 1 is 1.30 bits per heavy atom. The molecule has 0 saturated carbocycles. The Morgan fingerprint density at radius 2 is 2.09 bits per heavy atom. The Labute approximate surface area is 139 Å². The molecule has 23 heavy (non-hydrogen) atoms. The third-order valence-corrected chi connectivity index (χ3v) is 4.32. The molecule has 2 heterocycles. The highest BCUT2D eigenvalue weighted by Crippen LogP contribution is 2.17. The van der Waals surface area contributed by atoms with E-state index in [4.69, 9.17) is 4.42 Å². The minimum atomic E-state index is -0.607. The second kappa shape index (κ2) is 7.94. The quantitative estimate of drug-likeness (QED) is 0.810. The number of nitrogens with one attached hydrogen (secondary N) is 2. The van der Waals surface area contributed by atoms with Crippen LogP contribution in [-0.2, 0) is 4.79 Å². The van der Waals surface area contributed by atoms with Gasteiger partial charge in [-0.3, -0.25) is 14.5 Å². The number of carbonyl (C=O) groups is 2. The number of amides is 2. The summed E-state index contributed by atoms with van der Waals surface area (Å²) in [6.07, 6.45) is 1.61. The SMILES string of the molecule is CC(NC(=O)c1cccs1)C(=O)NCC(c1ccco1)N(C)C. The molecule has 2 unspecified atom stereocenters. The van der Waals surface area contributed by atoms with Crippen LogP contribution in [0, 0.1) is 0 Å². The zero-order valence-corrected chi connectivity index (χ0v) is 14.2. The second-order valence-electron chi connectivity index (χ2n) is 5.41. The van der Waals surface area contributed by atoms with Crippen LogP contribution in [-0.4, -0.2) is 43.4 Å².